The van der Waals surface area contributed by atoms with E-state index in [2.05, 4.69) is 30.6 Å². The number of anilines is 1. The van der Waals surface area contributed by atoms with E-state index in [1.807, 2.05) is 32.5 Å². The standard InChI is InChI=1S/C9H14N2O2.C4H10S/c1-6(12)10-8-5-7(13-11-8)9(2,3)4;1-4(2)5-3/h5H,1-4H3,(H,10,11,12);4H,1-3H3. The molecule has 0 aliphatic carbocycles. The molecule has 0 atom stereocenters. The van der Waals surface area contributed by atoms with E-state index in [-0.39, 0.29) is 11.3 Å². The van der Waals surface area contributed by atoms with Gasteiger partial charge in [0.15, 0.2) is 5.82 Å². The monoisotopic (exact) mass is 272 g/mol. The molecular formula is C13H24N2O2S. The van der Waals surface area contributed by atoms with Gasteiger partial charge in [0, 0.05) is 18.4 Å². The molecule has 0 bridgehead atoms. The summed E-state index contributed by atoms with van der Waals surface area (Å²) in [4.78, 5) is 10.7. The minimum atomic E-state index is -0.145. The maximum absolute atomic E-state index is 10.7. The van der Waals surface area contributed by atoms with E-state index in [4.69, 9.17) is 4.52 Å². The zero-order valence-electron chi connectivity index (χ0n) is 12.3. The Bertz CT molecular complexity index is 367. The van der Waals surface area contributed by atoms with E-state index in [0.29, 0.717) is 5.82 Å². The molecule has 0 spiro atoms. The van der Waals surface area contributed by atoms with Crippen LogP contribution in [0.1, 0.15) is 47.3 Å². The summed E-state index contributed by atoms with van der Waals surface area (Å²) in [6.45, 7) is 11.9. The minimum absolute atomic E-state index is 0.0796. The number of amides is 1. The van der Waals surface area contributed by atoms with E-state index < -0.39 is 0 Å². The molecule has 1 rings (SSSR count). The maximum atomic E-state index is 10.7. The number of hydrogen-bond acceptors (Lipinski definition) is 4. The van der Waals surface area contributed by atoms with Crippen molar-refractivity contribution < 1.29 is 9.32 Å². The zero-order valence-corrected chi connectivity index (χ0v) is 13.1. The predicted octanol–water partition coefficient (Wildman–Crippen LogP) is 3.69. The number of aromatic nitrogens is 1. The van der Waals surface area contributed by atoms with E-state index >= 15 is 0 Å². The molecule has 104 valence electrons. The maximum Gasteiger partial charge on any atom is 0.222 e. The van der Waals surface area contributed by atoms with E-state index in [0.717, 1.165) is 11.0 Å². The van der Waals surface area contributed by atoms with Crippen molar-refractivity contribution in [1.29, 1.82) is 0 Å². The van der Waals surface area contributed by atoms with Crippen LogP contribution in [0, 0.1) is 0 Å². The fraction of sp³-hybridized carbons (Fsp3) is 0.692. The topological polar surface area (TPSA) is 55.1 Å². The number of carbonyl (C=O) groups is 1. The van der Waals surface area contributed by atoms with E-state index in [9.17, 15) is 4.79 Å². The first-order chi connectivity index (χ1) is 8.16. The van der Waals surface area contributed by atoms with Crippen LogP contribution in [-0.2, 0) is 10.2 Å². The van der Waals surface area contributed by atoms with Crippen LogP contribution < -0.4 is 5.32 Å². The summed E-state index contributed by atoms with van der Waals surface area (Å²) in [7, 11) is 0. The average molecular weight is 272 g/mol. The van der Waals surface area contributed by atoms with Gasteiger partial charge in [0.1, 0.15) is 5.76 Å². The molecule has 1 heterocycles. The number of hydrogen-bond donors (Lipinski definition) is 1. The van der Waals surface area contributed by atoms with Gasteiger partial charge in [-0.1, -0.05) is 39.8 Å². The van der Waals surface area contributed by atoms with Gasteiger partial charge in [0.2, 0.25) is 5.91 Å². The first-order valence-electron chi connectivity index (χ1n) is 5.94. The summed E-state index contributed by atoms with van der Waals surface area (Å²) in [5, 5.41) is 7.07. The fourth-order valence-corrected chi connectivity index (χ4v) is 0.868. The molecule has 0 aliphatic heterocycles. The highest BCUT2D eigenvalue weighted by Gasteiger charge is 2.19. The number of nitrogens with one attached hydrogen (secondary N) is 1. The highest BCUT2D eigenvalue weighted by Crippen LogP contribution is 2.24. The molecule has 1 aromatic heterocycles. The highest BCUT2D eigenvalue weighted by atomic mass is 32.2. The van der Waals surface area contributed by atoms with E-state index in [1.54, 1.807) is 6.07 Å². The van der Waals surface area contributed by atoms with Gasteiger partial charge in [-0.15, -0.1) is 0 Å². The molecule has 1 aromatic rings. The van der Waals surface area contributed by atoms with Gasteiger partial charge in [-0.25, -0.2) is 0 Å². The lowest BCUT2D eigenvalue weighted by Gasteiger charge is -2.11. The number of rotatable bonds is 2. The smallest absolute Gasteiger partial charge is 0.222 e. The molecule has 0 unspecified atom stereocenters. The third-order valence-electron chi connectivity index (χ3n) is 2.02. The van der Waals surface area contributed by atoms with Crippen LogP contribution >= 0.6 is 11.8 Å². The van der Waals surface area contributed by atoms with Crippen LogP contribution in [0.5, 0.6) is 0 Å². The lowest BCUT2D eigenvalue weighted by molar-refractivity contribution is -0.114. The zero-order chi connectivity index (χ0) is 14.3. The second kappa shape index (κ2) is 7.46. The highest BCUT2D eigenvalue weighted by molar-refractivity contribution is 7.99. The Labute approximate surface area is 114 Å². The Morgan fingerprint density at radius 3 is 2.22 bits per heavy atom. The van der Waals surface area contributed by atoms with Gasteiger partial charge in [-0.3, -0.25) is 4.79 Å². The Morgan fingerprint density at radius 1 is 1.44 bits per heavy atom. The molecule has 0 radical (unpaired) electrons. The lowest BCUT2D eigenvalue weighted by Crippen LogP contribution is -2.09. The molecule has 0 aromatic carbocycles. The summed E-state index contributed by atoms with van der Waals surface area (Å²) in [6, 6.07) is 1.74. The molecule has 5 heteroatoms. The van der Waals surface area contributed by atoms with Gasteiger partial charge in [-0.2, -0.15) is 11.8 Å². The van der Waals surface area contributed by atoms with Crippen molar-refractivity contribution in [1.82, 2.24) is 5.16 Å². The van der Waals surface area contributed by atoms with Crippen LogP contribution in [-0.4, -0.2) is 22.6 Å². The summed E-state index contributed by atoms with van der Waals surface area (Å²) < 4.78 is 5.07. The molecule has 0 saturated carbocycles. The molecule has 1 amide bonds. The summed E-state index contributed by atoms with van der Waals surface area (Å²) in [6.07, 6.45) is 2.12. The molecule has 4 nitrogen and oxygen atoms in total. The third-order valence-corrected chi connectivity index (χ3v) is 2.97. The Hall–Kier alpha value is -0.970. The quantitative estimate of drug-likeness (QED) is 0.892. The lowest BCUT2D eigenvalue weighted by atomic mass is 9.93. The van der Waals surface area contributed by atoms with Gasteiger partial charge >= 0.3 is 0 Å². The number of carbonyl (C=O) groups excluding carboxylic acids is 1. The molecule has 1 N–H and O–H groups in total. The van der Waals surface area contributed by atoms with Crippen LogP contribution in [0.4, 0.5) is 5.82 Å². The minimum Gasteiger partial charge on any atom is -0.359 e. The fourth-order valence-electron chi connectivity index (χ4n) is 0.868. The SMILES string of the molecule is CC(=O)Nc1cc(C(C)(C)C)on1.CSC(C)C. The third kappa shape index (κ3) is 7.37. The van der Waals surface area contributed by atoms with Crippen molar-refractivity contribution in [3.05, 3.63) is 11.8 Å². The van der Waals surface area contributed by atoms with Crippen LogP contribution in [0.15, 0.2) is 10.6 Å². The van der Waals surface area contributed by atoms with Crippen molar-refractivity contribution in [2.45, 2.75) is 52.2 Å². The van der Waals surface area contributed by atoms with Crippen LogP contribution in [0.3, 0.4) is 0 Å². The van der Waals surface area contributed by atoms with Crippen LogP contribution in [0.2, 0.25) is 0 Å². The van der Waals surface area contributed by atoms with Crippen molar-refractivity contribution in [3.8, 4) is 0 Å². The Balaban J connectivity index is 0.000000494. The van der Waals surface area contributed by atoms with E-state index in [1.165, 1.54) is 6.92 Å². The summed E-state index contributed by atoms with van der Waals surface area (Å²) >= 11 is 1.88. The number of nitrogens with zero attached hydrogens (tertiary/aromatic N) is 1. The average Bonchev–Trinajstić information content (AvgIpc) is 2.65. The molecular weight excluding hydrogens is 248 g/mol. The summed E-state index contributed by atoms with van der Waals surface area (Å²) in [5.41, 5.74) is -0.0796. The summed E-state index contributed by atoms with van der Waals surface area (Å²) in [5.74, 6) is 1.09. The van der Waals surface area contributed by atoms with Crippen molar-refractivity contribution in [2.24, 2.45) is 0 Å². The van der Waals surface area contributed by atoms with Gasteiger partial charge in [0.05, 0.1) is 0 Å². The van der Waals surface area contributed by atoms with Crippen molar-refractivity contribution in [3.63, 3.8) is 0 Å². The predicted molar refractivity (Wildman–Crippen MR) is 78.2 cm³/mol. The van der Waals surface area contributed by atoms with Gasteiger partial charge in [0.25, 0.3) is 0 Å². The molecule has 0 aliphatic rings. The van der Waals surface area contributed by atoms with Gasteiger partial charge in [-0.05, 0) is 11.5 Å². The second-order valence-electron chi connectivity index (χ2n) is 5.29. The van der Waals surface area contributed by atoms with Crippen LogP contribution in [0.25, 0.3) is 0 Å². The Morgan fingerprint density at radius 2 is 1.94 bits per heavy atom. The first-order valence-corrected chi connectivity index (χ1v) is 7.23. The largest absolute Gasteiger partial charge is 0.359 e. The Kier molecular flexibility index (Phi) is 7.06. The second-order valence-corrected chi connectivity index (χ2v) is 6.71. The number of thioether (sulfide) groups is 1. The molecule has 0 saturated heterocycles. The van der Waals surface area contributed by atoms with Gasteiger partial charge < -0.3 is 9.84 Å². The first kappa shape index (κ1) is 17.0. The van der Waals surface area contributed by atoms with Crippen molar-refractivity contribution >= 4 is 23.5 Å². The molecule has 18 heavy (non-hydrogen) atoms. The van der Waals surface area contributed by atoms with Crippen molar-refractivity contribution in [2.75, 3.05) is 11.6 Å². The normalized spacial score (nSPS) is 10.9. The molecule has 0 fully saturated rings.